The quantitative estimate of drug-likeness (QED) is 0.538. The van der Waals surface area contributed by atoms with Gasteiger partial charge in [-0.1, -0.05) is 70.9 Å². The number of hydrogen-bond acceptors (Lipinski definition) is 4. The van der Waals surface area contributed by atoms with E-state index in [2.05, 4.69) is 10.2 Å². The molecular formula is C17H9Cl2N3OS. The highest BCUT2D eigenvalue weighted by Crippen LogP contribution is 2.23. The third kappa shape index (κ3) is 2.60. The average Bonchev–Trinajstić information content (AvgIpc) is 3.13. The number of hydrogen-bond donors (Lipinski definition) is 0. The van der Waals surface area contributed by atoms with E-state index in [1.165, 1.54) is 15.7 Å². The van der Waals surface area contributed by atoms with Crippen LogP contribution >= 0.6 is 34.5 Å². The van der Waals surface area contributed by atoms with Crippen molar-refractivity contribution in [1.82, 2.24) is 14.6 Å². The molecule has 0 spiro atoms. The van der Waals surface area contributed by atoms with Crippen LogP contribution in [0.3, 0.4) is 0 Å². The van der Waals surface area contributed by atoms with Crippen molar-refractivity contribution in [3.05, 3.63) is 79.0 Å². The standard InChI is InChI=1S/C17H9Cl2N3OS/c18-12-7-6-10(8-13(12)19)9-14-16(23)22-15(20-21-17(22)24-14)11-4-2-1-3-5-11/h1-9H/b14-9-. The van der Waals surface area contributed by atoms with Crippen LogP contribution in [0, 0.1) is 0 Å². The smallest absolute Gasteiger partial charge is 0.267 e. The molecule has 0 aliphatic rings. The highest BCUT2D eigenvalue weighted by molar-refractivity contribution is 7.15. The Kier molecular flexibility index (Phi) is 3.84. The molecule has 0 aliphatic heterocycles. The summed E-state index contributed by atoms with van der Waals surface area (Å²) in [5.74, 6) is 0.542. The maximum Gasteiger partial charge on any atom is 0.276 e. The van der Waals surface area contributed by atoms with E-state index in [9.17, 15) is 4.79 Å². The Morgan fingerprint density at radius 3 is 2.54 bits per heavy atom. The van der Waals surface area contributed by atoms with Gasteiger partial charge in [-0.05, 0) is 23.8 Å². The topological polar surface area (TPSA) is 47.3 Å². The minimum absolute atomic E-state index is 0.148. The SMILES string of the molecule is O=c1/c(=C/c2ccc(Cl)c(Cl)c2)sc2nnc(-c3ccccc3)n12. The van der Waals surface area contributed by atoms with Crippen LogP contribution in [0.25, 0.3) is 22.4 Å². The Bertz CT molecular complexity index is 1150. The second kappa shape index (κ2) is 6.02. The van der Waals surface area contributed by atoms with Crippen molar-refractivity contribution in [2.24, 2.45) is 0 Å². The highest BCUT2D eigenvalue weighted by atomic mass is 35.5. The van der Waals surface area contributed by atoms with E-state index in [1.807, 2.05) is 36.4 Å². The zero-order chi connectivity index (χ0) is 16.7. The summed E-state index contributed by atoms with van der Waals surface area (Å²) in [7, 11) is 0. The van der Waals surface area contributed by atoms with Gasteiger partial charge in [0.2, 0.25) is 4.96 Å². The van der Waals surface area contributed by atoms with Gasteiger partial charge < -0.3 is 0 Å². The van der Waals surface area contributed by atoms with Gasteiger partial charge in [0.25, 0.3) is 5.56 Å². The van der Waals surface area contributed by atoms with Crippen LogP contribution in [-0.2, 0) is 0 Å². The molecule has 4 nitrogen and oxygen atoms in total. The van der Waals surface area contributed by atoms with Gasteiger partial charge in [-0.2, -0.15) is 0 Å². The molecule has 0 saturated heterocycles. The number of rotatable bonds is 2. The van der Waals surface area contributed by atoms with Crippen LogP contribution in [0.2, 0.25) is 10.0 Å². The minimum Gasteiger partial charge on any atom is -0.267 e. The van der Waals surface area contributed by atoms with Crippen LogP contribution in [0.1, 0.15) is 5.56 Å². The molecule has 0 N–H and O–H groups in total. The minimum atomic E-state index is -0.148. The zero-order valence-electron chi connectivity index (χ0n) is 12.1. The summed E-state index contributed by atoms with van der Waals surface area (Å²) in [5, 5.41) is 9.17. The molecule has 4 aromatic rings. The lowest BCUT2D eigenvalue weighted by atomic mass is 10.2. The third-order valence-corrected chi connectivity index (χ3v) is 5.22. The van der Waals surface area contributed by atoms with Gasteiger partial charge in [-0.15, -0.1) is 10.2 Å². The van der Waals surface area contributed by atoms with E-state index in [1.54, 1.807) is 18.2 Å². The van der Waals surface area contributed by atoms with E-state index in [0.29, 0.717) is 25.4 Å². The summed E-state index contributed by atoms with van der Waals surface area (Å²) >= 11 is 13.2. The van der Waals surface area contributed by atoms with Gasteiger partial charge >= 0.3 is 0 Å². The predicted molar refractivity (Wildman–Crippen MR) is 97.8 cm³/mol. The van der Waals surface area contributed by atoms with Crippen molar-refractivity contribution in [3.63, 3.8) is 0 Å². The Morgan fingerprint density at radius 1 is 1.00 bits per heavy atom. The molecule has 0 bridgehead atoms. The monoisotopic (exact) mass is 373 g/mol. The molecule has 118 valence electrons. The molecule has 0 aliphatic carbocycles. The average molecular weight is 374 g/mol. The summed E-state index contributed by atoms with van der Waals surface area (Å²) in [6.45, 7) is 0. The molecule has 0 unspecified atom stereocenters. The first-order valence-corrected chi connectivity index (χ1v) is 8.61. The molecule has 7 heteroatoms. The molecule has 0 saturated carbocycles. The van der Waals surface area contributed by atoms with Crippen LogP contribution in [0.5, 0.6) is 0 Å². The van der Waals surface area contributed by atoms with Crippen LogP contribution < -0.4 is 10.1 Å². The molecule has 2 aromatic carbocycles. The Morgan fingerprint density at radius 2 is 1.79 bits per heavy atom. The van der Waals surface area contributed by atoms with Crippen LogP contribution in [-0.4, -0.2) is 14.6 Å². The van der Waals surface area contributed by atoms with Gasteiger partial charge in [0, 0.05) is 5.56 Å². The van der Waals surface area contributed by atoms with Crippen molar-refractivity contribution >= 4 is 45.6 Å². The van der Waals surface area contributed by atoms with E-state index in [-0.39, 0.29) is 5.56 Å². The summed E-state index contributed by atoms with van der Waals surface area (Å²) in [6, 6.07) is 14.7. The van der Waals surface area contributed by atoms with Gasteiger partial charge in [0.15, 0.2) is 5.82 Å². The molecule has 0 atom stereocenters. The van der Waals surface area contributed by atoms with E-state index >= 15 is 0 Å². The molecule has 4 rings (SSSR count). The summed E-state index contributed by atoms with van der Waals surface area (Å²) < 4.78 is 2.10. The fourth-order valence-corrected chi connectivity index (χ4v) is 3.61. The van der Waals surface area contributed by atoms with E-state index in [4.69, 9.17) is 23.2 Å². The number of fused-ring (bicyclic) bond motifs is 1. The summed E-state index contributed by atoms with van der Waals surface area (Å²) in [4.78, 5) is 13.3. The highest BCUT2D eigenvalue weighted by Gasteiger charge is 2.13. The van der Waals surface area contributed by atoms with Crippen molar-refractivity contribution in [1.29, 1.82) is 0 Å². The summed E-state index contributed by atoms with van der Waals surface area (Å²) in [6.07, 6.45) is 1.78. The summed E-state index contributed by atoms with van der Waals surface area (Å²) in [5.41, 5.74) is 1.51. The fourth-order valence-electron chi connectivity index (χ4n) is 2.39. The molecule has 24 heavy (non-hydrogen) atoms. The maximum atomic E-state index is 12.7. The molecular weight excluding hydrogens is 365 g/mol. The number of halogens is 2. The first-order chi connectivity index (χ1) is 11.6. The maximum absolute atomic E-state index is 12.7. The molecule has 0 amide bonds. The first-order valence-electron chi connectivity index (χ1n) is 7.03. The molecule has 0 radical (unpaired) electrons. The van der Waals surface area contributed by atoms with Crippen molar-refractivity contribution in [2.75, 3.05) is 0 Å². The predicted octanol–water partition coefficient (Wildman–Crippen LogP) is 3.67. The zero-order valence-corrected chi connectivity index (χ0v) is 14.4. The normalized spacial score (nSPS) is 12.2. The third-order valence-electron chi connectivity index (χ3n) is 3.52. The lowest BCUT2D eigenvalue weighted by Gasteiger charge is -1.96. The van der Waals surface area contributed by atoms with Gasteiger partial charge in [-0.3, -0.25) is 4.79 Å². The lowest BCUT2D eigenvalue weighted by molar-refractivity contribution is 1.09. The Hall–Kier alpha value is -2.21. The number of nitrogens with zero attached hydrogens (tertiary/aromatic N) is 3. The second-order valence-corrected chi connectivity index (χ2v) is 6.92. The second-order valence-electron chi connectivity index (χ2n) is 5.10. The molecule has 0 fully saturated rings. The first kappa shape index (κ1) is 15.3. The Balaban J connectivity index is 1.91. The fraction of sp³-hybridized carbons (Fsp3) is 0. The number of thiazole rings is 1. The van der Waals surface area contributed by atoms with Crippen molar-refractivity contribution < 1.29 is 0 Å². The van der Waals surface area contributed by atoms with Crippen molar-refractivity contribution in [2.45, 2.75) is 0 Å². The van der Waals surface area contributed by atoms with Gasteiger partial charge in [-0.25, -0.2) is 4.40 Å². The van der Waals surface area contributed by atoms with Crippen molar-refractivity contribution in [3.8, 4) is 11.4 Å². The van der Waals surface area contributed by atoms with Crippen LogP contribution in [0.15, 0.2) is 53.3 Å². The lowest BCUT2D eigenvalue weighted by Crippen LogP contribution is -2.23. The van der Waals surface area contributed by atoms with E-state index < -0.39 is 0 Å². The molecule has 2 aromatic heterocycles. The van der Waals surface area contributed by atoms with Gasteiger partial charge in [0.05, 0.1) is 14.6 Å². The van der Waals surface area contributed by atoms with Gasteiger partial charge in [0.1, 0.15) is 0 Å². The molecule has 2 heterocycles. The van der Waals surface area contributed by atoms with Crippen LogP contribution in [0.4, 0.5) is 0 Å². The number of benzene rings is 2. The number of aromatic nitrogens is 3. The largest absolute Gasteiger partial charge is 0.276 e. The Labute approximate surface area is 150 Å². The van der Waals surface area contributed by atoms with E-state index in [0.717, 1.165) is 11.1 Å².